The van der Waals surface area contributed by atoms with E-state index in [1.807, 2.05) is 13.0 Å². The number of halogens is 1. The number of hydrogen-bond donors (Lipinski definition) is 1. The van der Waals surface area contributed by atoms with Crippen LogP contribution in [0.2, 0.25) is 0 Å². The Hall–Kier alpha value is -2.44. The van der Waals surface area contributed by atoms with Gasteiger partial charge in [0.05, 0.1) is 0 Å². The molecular weight excluding hydrogens is 349 g/mol. The summed E-state index contributed by atoms with van der Waals surface area (Å²) >= 11 is 0. The predicted octanol–water partition coefficient (Wildman–Crippen LogP) is 2.33. The van der Waals surface area contributed by atoms with Crippen molar-refractivity contribution >= 4 is 17.8 Å². The number of imide groups is 1. The van der Waals surface area contributed by atoms with E-state index in [4.69, 9.17) is 0 Å². The third-order valence-electron chi connectivity index (χ3n) is 5.39. The fourth-order valence-corrected chi connectivity index (χ4v) is 3.62. The molecule has 1 heterocycles. The second kappa shape index (κ2) is 7.66. The zero-order valence-electron chi connectivity index (χ0n) is 15.8. The van der Waals surface area contributed by atoms with Crippen molar-refractivity contribution in [1.82, 2.24) is 15.1 Å². The Morgan fingerprint density at radius 2 is 2.07 bits per heavy atom. The van der Waals surface area contributed by atoms with Gasteiger partial charge in [0.15, 0.2) is 0 Å². The first-order valence-electron chi connectivity index (χ1n) is 9.51. The van der Waals surface area contributed by atoms with Crippen molar-refractivity contribution in [2.75, 3.05) is 19.6 Å². The van der Waals surface area contributed by atoms with E-state index in [0.717, 1.165) is 29.7 Å². The molecule has 7 heteroatoms. The van der Waals surface area contributed by atoms with E-state index in [0.29, 0.717) is 19.5 Å². The minimum Gasteiger partial charge on any atom is -0.341 e. The number of rotatable bonds is 8. The van der Waals surface area contributed by atoms with Gasteiger partial charge in [-0.2, -0.15) is 0 Å². The van der Waals surface area contributed by atoms with Crippen LogP contribution in [-0.2, 0) is 16.0 Å². The molecule has 2 aliphatic rings. The van der Waals surface area contributed by atoms with Gasteiger partial charge in [0.2, 0.25) is 5.91 Å². The van der Waals surface area contributed by atoms with Crippen LogP contribution in [0.15, 0.2) is 24.3 Å². The van der Waals surface area contributed by atoms with Crippen molar-refractivity contribution < 1.29 is 18.8 Å². The van der Waals surface area contributed by atoms with Crippen LogP contribution in [0.4, 0.5) is 9.18 Å². The summed E-state index contributed by atoms with van der Waals surface area (Å²) in [6.07, 6.45) is 3.11. The number of benzene rings is 1. The highest BCUT2D eigenvalue weighted by molar-refractivity contribution is 6.09. The molecular formula is C20H26FN3O3. The quantitative estimate of drug-likeness (QED) is 0.709. The third kappa shape index (κ3) is 4.12. The van der Waals surface area contributed by atoms with Crippen molar-refractivity contribution in [2.24, 2.45) is 5.92 Å². The molecule has 0 spiro atoms. The molecule has 0 bridgehead atoms. The number of urea groups is 1. The first kappa shape index (κ1) is 19.3. The molecule has 1 N–H and O–H groups in total. The van der Waals surface area contributed by atoms with E-state index in [-0.39, 0.29) is 30.1 Å². The molecule has 1 unspecified atom stereocenters. The van der Waals surface area contributed by atoms with Gasteiger partial charge in [0, 0.05) is 13.1 Å². The topological polar surface area (TPSA) is 69.7 Å². The average molecular weight is 375 g/mol. The van der Waals surface area contributed by atoms with E-state index in [9.17, 15) is 18.8 Å². The van der Waals surface area contributed by atoms with E-state index >= 15 is 0 Å². The van der Waals surface area contributed by atoms with Crippen molar-refractivity contribution in [3.63, 3.8) is 0 Å². The molecule has 2 fully saturated rings. The lowest BCUT2D eigenvalue weighted by Crippen LogP contribution is -2.47. The summed E-state index contributed by atoms with van der Waals surface area (Å²) in [5, 5.41) is 2.76. The van der Waals surface area contributed by atoms with Crippen molar-refractivity contribution in [2.45, 2.75) is 45.1 Å². The smallest absolute Gasteiger partial charge is 0.325 e. The Balaban J connectivity index is 1.63. The molecule has 1 saturated heterocycles. The van der Waals surface area contributed by atoms with Gasteiger partial charge < -0.3 is 10.2 Å². The summed E-state index contributed by atoms with van der Waals surface area (Å²) in [5.41, 5.74) is -0.0747. The normalized spacial score (nSPS) is 22.1. The minimum atomic E-state index is -0.880. The van der Waals surface area contributed by atoms with Crippen LogP contribution in [0.5, 0.6) is 0 Å². The lowest BCUT2D eigenvalue weighted by atomic mass is 9.96. The fraction of sp³-hybridized carbons (Fsp3) is 0.550. The second-order valence-electron chi connectivity index (χ2n) is 7.56. The molecule has 1 aliphatic heterocycles. The maximum absolute atomic E-state index is 13.3. The average Bonchev–Trinajstić information content (AvgIpc) is 3.45. The Morgan fingerprint density at radius 3 is 2.70 bits per heavy atom. The minimum absolute atomic E-state index is 0.161. The van der Waals surface area contributed by atoms with E-state index < -0.39 is 11.6 Å². The Bertz CT molecular complexity index is 750. The summed E-state index contributed by atoms with van der Waals surface area (Å²) in [7, 11) is 0. The van der Waals surface area contributed by atoms with E-state index in [2.05, 4.69) is 5.32 Å². The Kier molecular flexibility index (Phi) is 5.48. The van der Waals surface area contributed by atoms with Crippen LogP contribution in [-0.4, -0.2) is 52.8 Å². The Morgan fingerprint density at radius 1 is 1.33 bits per heavy atom. The molecule has 1 aliphatic carbocycles. The van der Waals surface area contributed by atoms with Crippen LogP contribution in [0.1, 0.15) is 38.7 Å². The summed E-state index contributed by atoms with van der Waals surface area (Å²) < 4.78 is 13.3. The van der Waals surface area contributed by atoms with E-state index in [1.54, 1.807) is 17.9 Å². The highest BCUT2D eigenvalue weighted by atomic mass is 19.1. The number of amides is 4. The number of hydrogen-bond acceptors (Lipinski definition) is 3. The van der Waals surface area contributed by atoms with Crippen LogP contribution >= 0.6 is 0 Å². The van der Waals surface area contributed by atoms with Crippen molar-refractivity contribution in [1.29, 1.82) is 0 Å². The molecule has 1 atom stereocenters. The van der Waals surface area contributed by atoms with Gasteiger partial charge in [0.1, 0.15) is 17.9 Å². The molecule has 27 heavy (non-hydrogen) atoms. The van der Waals surface area contributed by atoms with Gasteiger partial charge in [-0.15, -0.1) is 0 Å². The maximum Gasteiger partial charge on any atom is 0.325 e. The molecule has 6 nitrogen and oxygen atoms in total. The lowest BCUT2D eigenvalue weighted by molar-refractivity contribution is -0.139. The molecule has 3 rings (SSSR count). The van der Waals surface area contributed by atoms with Crippen molar-refractivity contribution in [3.8, 4) is 0 Å². The highest BCUT2D eigenvalue weighted by Gasteiger charge is 2.56. The van der Waals surface area contributed by atoms with Crippen LogP contribution < -0.4 is 5.32 Å². The Labute approximate surface area is 158 Å². The second-order valence-corrected chi connectivity index (χ2v) is 7.56. The molecule has 1 aromatic rings. The number of nitrogens with one attached hydrogen (secondary N) is 1. The summed E-state index contributed by atoms with van der Waals surface area (Å²) in [6.45, 7) is 4.39. The zero-order valence-corrected chi connectivity index (χ0v) is 15.8. The maximum atomic E-state index is 13.3. The molecule has 0 radical (unpaired) electrons. The van der Waals surface area contributed by atoms with Crippen molar-refractivity contribution in [3.05, 3.63) is 35.6 Å². The van der Waals surface area contributed by atoms with Gasteiger partial charge in [-0.05, 0) is 56.2 Å². The first-order valence-corrected chi connectivity index (χ1v) is 9.51. The molecule has 4 amide bonds. The van der Waals surface area contributed by atoms with E-state index in [1.165, 1.54) is 12.1 Å². The van der Waals surface area contributed by atoms with Gasteiger partial charge in [-0.3, -0.25) is 14.5 Å². The number of carbonyl (C=O) groups excluding carboxylic acids is 3. The van der Waals surface area contributed by atoms with Gasteiger partial charge in [-0.25, -0.2) is 9.18 Å². The van der Waals surface area contributed by atoms with Gasteiger partial charge in [0.25, 0.3) is 5.91 Å². The first-order chi connectivity index (χ1) is 12.8. The standard InChI is InChI=1S/C20H26FN3O3/c1-3-10-23(11-9-14-5-4-6-16(21)12-14)17(25)13-24-18(26)20(2,15-7-8-15)22-19(24)27/h4-6,12,15H,3,7-11,13H2,1-2H3,(H,22,27). The summed E-state index contributed by atoms with van der Waals surface area (Å²) in [5.74, 6) is -0.727. The molecule has 1 aromatic carbocycles. The SMILES string of the molecule is CCCN(CCc1cccc(F)c1)C(=O)CN1C(=O)NC(C)(C2CC2)C1=O. The largest absolute Gasteiger partial charge is 0.341 e. The van der Waals surface area contributed by atoms with Gasteiger partial charge >= 0.3 is 6.03 Å². The molecule has 146 valence electrons. The van der Waals surface area contributed by atoms with Crippen LogP contribution in [0, 0.1) is 11.7 Å². The zero-order chi connectivity index (χ0) is 19.6. The summed E-state index contributed by atoms with van der Waals surface area (Å²) in [4.78, 5) is 40.3. The van der Waals surface area contributed by atoms with Gasteiger partial charge in [-0.1, -0.05) is 19.1 Å². The third-order valence-corrected chi connectivity index (χ3v) is 5.39. The van der Waals surface area contributed by atoms with Crippen LogP contribution in [0.3, 0.4) is 0 Å². The lowest BCUT2D eigenvalue weighted by Gasteiger charge is -2.25. The summed E-state index contributed by atoms with van der Waals surface area (Å²) in [6, 6.07) is 5.79. The fourth-order valence-electron chi connectivity index (χ4n) is 3.62. The molecule has 1 saturated carbocycles. The number of nitrogens with zero attached hydrogens (tertiary/aromatic N) is 2. The molecule has 0 aromatic heterocycles. The highest BCUT2D eigenvalue weighted by Crippen LogP contribution is 2.42. The predicted molar refractivity (Wildman–Crippen MR) is 98.3 cm³/mol. The number of carbonyl (C=O) groups is 3. The van der Waals surface area contributed by atoms with Crippen LogP contribution in [0.25, 0.3) is 0 Å². The monoisotopic (exact) mass is 375 g/mol.